The predicted molar refractivity (Wildman–Crippen MR) is 71.7 cm³/mol. The third-order valence-electron chi connectivity index (χ3n) is 3.35. The van der Waals surface area contributed by atoms with Crippen LogP contribution in [-0.2, 0) is 14.3 Å². The highest BCUT2D eigenvalue weighted by atomic mass is 16.7. The van der Waals surface area contributed by atoms with Crippen molar-refractivity contribution in [3.8, 4) is 0 Å². The van der Waals surface area contributed by atoms with Gasteiger partial charge in [0.15, 0.2) is 0 Å². The van der Waals surface area contributed by atoms with E-state index in [0.29, 0.717) is 0 Å². The molecule has 130 valence electrons. The SMILES string of the molecule is CC(=O)N[C@H]1[C@H]([C@@H](O)[C@@H](O)CN=[N+]=[N-])O[C@@](O)(C(=O)O)C[C@@H]1O. The molecule has 0 bridgehead atoms. The number of azide groups is 1. The van der Waals surface area contributed by atoms with E-state index in [4.69, 9.17) is 15.4 Å². The van der Waals surface area contributed by atoms with E-state index in [2.05, 4.69) is 15.3 Å². The van der Waals surface area contributed by atoms with Crippen molar-refractivity contribution in [1.82, 2.24) is 5.32 Å². The van der Waals surface area contributed by atoms with E-state index < -0.39 is 61.1 Å². The fourth-order valence-corrected chi connectivity index (χ4v) is 2.26. The van der Waals surface area contributed by atoms with Gasteiger partial charge in [0.05, 0.1) is 24.8 Å². The molecule has 0 aromatic heterocycles. The molecule has 1 aliphatic heterocycles. The van der Waals surface area contributed by atoms with Crippen LogP contribution in [0.25, 0.3) is 10.4 Å². The number of nitrogens with zero attached hydrogens (tertiary/aromatic N) is 3. The Hall–Kier alpha value is -1.95. The lowest BCUT2D eigenvalue weighted by molar-refractivity contribution is -0.294. The van der Waals surface area contributed by atoms with Gasteiger partial charge < -0.3 is 35.6 Å². The lowest BCUT2D eigenvalue weighted by Crippen LogP contribution is -2.67. The van der Waals surface area contributed by atoms with Crippen molar-refractivity contribution in [2.24, 2.45) is 5.11 Å². The van der Waals surface area contributed by atoms with Crippen LogP contribution in [0.1, 0.15) is 13.3 Å². The minimum absolute atomic E-state index is 0.564. The molecule has 1 rings (SSSR count). The predicted octanol–water partition coefficient (Wildman–Crippen LogP) is -2.55. The van der Waals surface area contributed by atoms with Crippen molar-refractivity contribution >= 4 is 11.9 Å². The number of rotatable bonds is 6. The van der Waals surface area contributed by atoms with Gasteiger partial charge in [0.2, 0.25) is 5.91 Å². The maximum Gasteiger partial charge on any atom is 0.364 e. The fraction of sp³-hybridized carbons (Fsp3) is 0.818. The van der Waals surface area contributed by atoms with Gasteiger partial charge in [0, 0.05) is 18.3 Å². The molecular weight excluding hydrogens is 316 g/mol. The highest BCUT2D eigenvalue weighted by Gasteiger charge is 2.53. The Balaban J connectivity index is 3.08. The van der Waals surface area contributed by atoms with Gasteiger partial charge in [-0.1, -0.05) is 5.11 Å². The number of nitrogens with one attached hydrogen (secondary N) is 1. The summed E-state index contributed by atoms with van der Waals surface area (Å²) in [5.41, 5.74) is 8.20. The maximum atomic E-state index is 11.2. The van der Waals surface area contributed by atoms with Crippen LogP contribution in [0.5, 0.6) is 0 Å². The smallest absolute Gasteiger partial charge is 0.364 e. The second kappa shape index (κ2) is 7.55. The van der Waals surface area contributed by atoms with Crippen LogP contribution in [0.15, 0.2) is 5.11 Å². The molecule has 0 unspecified atom stereocenters. The molecule has 1 fully saturated rings. The third kappa shape index (κ3) is 4.51. The number of amides is 1. The Labute approximate surface area is 129 Å². The normalized spacial score (nSPS) is 33.2. The Morgan fingerprint density at radius 3 is 2.61 bits per heavy atom. The van der Waals surface area contributed by atoms with E-state index in [1.807, 2.05) is 0 Å². The molecule has 0 aromatic carbocycles. The zero-order chi connectivity index (χ0) is 17.8. The van der Waals surface area contributed by atoms with E-state index >= 15 is 0 Å². The molecule has 0 aliphatic carbocycles. The Morgan fingerprint density at radius 1 is 1.52 bits per heavy atom. The second-order valence-corrected chi connectivity index (χ2v) is 5.14. The first-order valence-electron chi connectivity index (χ1n) is 6.58. The van der Waals surface area contributed by atoms with Crippen molar-refractivity contribution in [3.05, 3.63) is 10.4 Å². The Bertz CT molecular complexity index is 510. The lowest BCUT2D eigenvalue weighted by Gasteiger charge is -2.44. The van der Waals surface area contributed by atoms with Crippen LogP contribution in [0.3, 0.4) is 0 Å². The standard InChI is InChI=1S/C11H18N4O8/c1-4(16)14-7-5(17)2-11(22,10(20)21)23-9(7)8(19)6(18)3-13-15-12/h5-9,17-19,22H,2-3H2,1H3,(H,14,16)(H,20,21)/t5-,6-,7+,8-,9+,11+/m0/s1. The minimum atomic E-state index is -2.81. The average molecular weight is 334 g/mol. The molecule has 0 saturated carbocycles. The molecule has 6 atom stereocenters. The molecule has 0 radical (unpaired) electrons. The van der Waals surface area contributed by atoms with Gasteiger partial charge in [-0.2, -0.15) is 0 Å². The number of hydrogen-bond acceptors (Lipinski definition) is 8. The minimum Gasteiger partial charge on any atom is -0.477 e. The van der Waals surface area contributed by atoms with Gasteiger partial charge in [0.1, 0.15) is 12.2 Å². The van der Waals surface area contributed by atoms with Gasteiger partial charge >= 0.3 is 5.97 Å². The summed E-state index contributed by atoms with van der Waals surface area (Å²) >= 11 is 0. The van der Waals surface area contributed by atoms with Gasteiger partial charge in [-0.05, 0) is 5.53 Å². The summed E-state index contributed by atoms with van der Waals surface area (Å²) in [5.74, 6) is -5.22. The summed E-state index contributed by atoms with van der Waals surface area (Å²) in [6.07, 6.45) is -7.51. The number of hydrogen-bond donors (Lipinski definition) is 6. The number of carbonyl (C=O) groups excluding carboxylic acids is 1. The van der Waals surface area contributed by atoms with Gasteiger partial charge in [0.25, 0.3) is 5.79 Å². The third-order valence-corrected chi connectivity index (χ3v) is 3.35. The molecule has 1 saturated heterocycles. The summed E-state index contributed by atoms with van der Waals surface area (Å²) in [5, 5.41) is 53.9. The van der Waals surface area contributed by atoms with Crippen LogP contribution >= 0.6 is 0 Å². The molecule has 12 heteroatoms. The summed E-state index contributed by atoms with van der Waals surface area (Å²) in [4.78, 5) is 24.7. The first-order valence-corrected chi connectivity index (χ1v) is 6.58. The zero-order valence-electron chi connectivity index (χ0n) is 12.1. The number of aliphatic hydroxyl groups is 4. The number of carbonyl (C=O) groups is 2. The monoisotopic (exact) mass is 334 g/mol. The van der Waals surface area contributed by atoms with E-state index in [1.165, 1.54) is 0 Å². The van der Waals surface area contributed by atoms with E-state index in [9.17, 15) is 30.0 Å². The van der Waals surface area contributed by atoms with Crippen molar-refractivity contribution in [1.29, 1.82) is 0 Å². The topological polar surface area (TPSA) is 205 Å². The molecule has 1 aliphatic rings. The molecule has 23 heavy (non-hydrogen) atoms. The number of aliphatic hydroxyl groups excluding tert-OH is 3. The van der Waals surface area contributed by atoms with Crippen molar-refractivity contribution < 1.29 is 39.9 Å². The summed E-state index contributed by atoms with van der Waals surface area (Å²) < 4.78 is 4.92. The van der Waals surface area contributed by atoms with Crippen LogP contribution in [-0.4, -0.2) is 80.2 Å². The molecular formula is C11H18N4O8. The lowest BCUT2D eigenvalue weighted by atomic mass is 9.88. The van der Waals surface area contributed by atoms with Crippen LogP contribution < -0.4 is 5.32 Å². The zero-order valence-corrected chi connectivity index (χ0v) is 12.1. The quantitative estimate of drug-likeness (QED) is 0.173. The second-order valence-electron chi connectivity index (χ2n) is 5.14. The number of aliphatic carboxylic acids is 1. The highest BCUT2D eigenvalue weighted by Crippen LogP contribution is 2.30. The van der Waals surface area contributed by atoms with Crippen LogP contribution in [0.4, 0.5) is 0 Å². The Kier molecular flexibility index (Phi) is 6.27. The molecule has 6 N–H and O–H groups in total. The van der Waals surface area contributed by atoms with E-state index in [0.717, 1.165) is 6.92 Å². The van der Waals surface area contributed by atoms with Gasteiger partial charge in [-0.15, -0.1) is 0 Å². The summed E-state index contributed by atoms with van der Waals surface area (Å²) in [6, 6.07) is -1.29. The fourth-order valence-electron chi connectivity index (χ4n) is 2.26. The number of carboxylic acids is 1. The first-order chi connectivity index (χ1) is 10.6. The molecule has 0 spiro atoms. The Morgan fingerprint density at radius 2 is 2.13 bits per heavy atom. The highest BCUT2D eigenvalue weighted by molar-refractivity contribution is 5.76. The molecule has 1 amide bonds. The number of carboxylic acid groups (broad SMARTS) is 1. The first kappa shape index (κ1) is 19.1. The van der Waals surface area contributed by atoms with E-state index in [1.54, 1.807) is 0 Å². The van der Waals surface area contributed by atoms with E-state index in [-0.39, 0.29) is 0 Å². The van der Waals surface area contributed by atoms with Crippen LogP contribution in [0.2, 0.25) is 0 Å². The molecule has 12 nitrogen and oxygen atoms in total. The molecule has 0 aromatic rings. The maximum absolute atomic E-state index is 11.2. The van der Waals surface area contributed by atoms with Crippen molar-refractivity contribution in [2.45, 2.75) is 49.6 Å². The summed E-state index contributed by atoms with van der Waals surface area (Å²) in [7, 11) is 0. The van der Waals surface area contributed by atoms with Crippen molar-refractivity contribution in [3.63, 3.8) is 0 Å². The van der Waals surface area contributed by atoms with Gasteiger partial charge in [-0.25, -0.2) is 4.79 Å². The average Bonchev–Trinajstić information content (AvgIpc) is 2.46. The van der Waals surface area contributed by atoms with Gasteiger partial charge in [-0.3, -0.25) is 4.79 Å². The van der Waals surface area contributed by atoms with Crippen molar-refractivity contribution in [2.75, 3.05) is 6.54 Å². The van der Waals surface area contributed by atoms with Crippen LogP contribution in [0, 0.1) is 0 Å². The summed E-state index contributed by atoms with van der Waals surface area (Å²) in [6.45, 7) is 0.552. The number of ether oxygens (including phenoxy) is 1. The molecule has 1 heterocycles. The largest absolute Gasteiger partial charge is 0.477 e.